The molecule has 0 bridgehead atoms. The molecule has 4 amide bonds. The van der Waals surface area contributed by atoms with E-state index in [0.717, 1.165) is 15.7 Å². The Balaban J connectivity index is 1.42. The Morgan fingerprint density at radius 2 is 1.86 bits per heavy atom. The lowest BCUT2D eigenvalue weighted by Crippen LogP contribution is -2.32. The van der Waals surface area contributed by atoms with Gasteiger partial charge in [-0.05, 0) is 17.9 Å². The molecule has 146 valence electrons. The molecule has 2 aromatic carbocycles. The van der Waals surface area contributed by atoms with Gasteiger partial charge in [0.05, 0.1) is 0 Å². The van der Waals surface area contributed by atoms with E-state index in [9.17, 15) is 19.2 Å². The van der Waals surface area contributed by atoms with Crippen LogP contribution >= 0.6 is 0 Å². The number of hydrogen-bond acceptors (Lipinski definition) is 5. The second-order valence-corrected chi connectivity index (χ2v) is 6.52. The summed E-state index contributed by atoms with van der Waals surface area (Å²) in [7, 11) is 1.54. The molecule has 0 unspecified atom stereocenters. The Morgan fingerprint density at radius 3 is 2.61 bits per heavy atom. The maximum absolute atomic E-state index is 12.1. The molecule has 3 rings (SSSR count). The van der Waals surface area contributed by atoms with Crippen molar-refractivity contribution in [1.29, 1.82) is 0 Å². The van der Waals surface area contributed by atoms with Crippen LogP contribution in [-0.2, 0) is 19.1 Å². The molecular weight excluding hydrogens is 362 g/mol. The molecule has 1 heterocycles. The highest BCUT2D eigenvalue weighted by Crippen LogP contribution is 2.22. The molecule has 1 fully saturated rings. The number of nitrogens with zero attached hydrogens (tertiary/aromatic N) is 2. The number of fused-ring (bicyclic) bond motifs is 1. The predicted octanol–water partition coefficient (Wildman–Crippen LogP) is 2.00. The number of benzene rings is 2. The van der Waals surface area contributed by atoms with Gasteiger partial charge in [-0.1, -0.05) is 36.4 Å². The highest BCUT2D eigenvalue weighted by atomic mass is 16.5. The topological polar surface area (TPSA) is 96.0 Å². The van der Waals surface area contributed by atoms with Gasteiger partial charge < -0.3 is 15.0 Å². The van der Waals surface area contributed by atoms with Crippen LogP contribution in [0.3, 0.4) is 0 Å². The van der Waals surface area contributed by atoms with E-state index in [0.29, 0.717) is 5.69 Å². The van der Waals surface area contributed by atoms with E-state index < -0.39 is 18.5 Å². The van der Waals surface area contributed by atoms with E-state index in [2.05, 4.69) is 5.32 Å². The van der Waals surface area contributed by atoms with Crippen molar-refractivity contribution in [3.05, 3.63) is 42.5 Å². The van der Waals surface area contributed by atoms with Crippen LogP contribution in [0.2, 0.25) is 0 Å². The number of urea groups is 1. The molecule has 28 heavy (non-hydrogen) atoms. The normalized spacial score (nSPS) is 13.9. The smallest absolute Gasteiger partial charge is 0.326 e. The summed E-state index contributed by atoms with van der Waals surface area (Å²) in [5, 5.41) is 4.63. The molecule has 2 aromatic rings. The number of imide groups is 1. The molecule has 1 aliphatic heterocycles. The standard InChI is InChI=1S/C20H21N3O5/c1-22-12-18(25)23(20(22)27)11-5-10-19(26)28-13-17(24)21-16-9-4-7-14-6-2-3-8-15(14)16/h2-4,6-9H,5,10-13H2,1H3,(H,21,24). The van der Waals surface area contributed by atoms with Crippen molar-refractivity contribution in [3.8, 4) is 0 Å². The highest BCUT2D eigenvalue weighted by Gasteiger charge is 2.32. The first kappa shape index (κ1) is 19.3. The van der Waals surface area contributed by atoms with Gasteiger partial charge in [0.1, 0.15) is 6.54 Å². The largest absolute Gasteiger partial charge is 0.456 e. The molecule has 0 spiro atoms. The summed E-state index contributed by atoms with van der Waals surface area (Å²) in [5.41, 5.74) is 0.648. The number of hydrogen-bond donors (Lipinski definition) is 1. The van der Waals surface area contributed by atoms with Crippen molar-refractivity contribution >= 4 is 40.3 Å². The van der Waals surface area contributed by atoms with Crippen molar-refractivity contribution in [1.82, 2.24) is 9.80 Å². The van der Waals surface area contributed by atoms with Crippen LogP contribution < -0.4 is 5.32 Å². The van der Waals surface area contributed by atoms with E-state index in [1.807, 2.05) is 36.4 Å². The van der Waals surface area contributed by atoms with Gasteiger partial charge in [-0.2, -0.15) is 0 Å². The third kappa shape index (κ3) is 4.46. The number of carbonyl (C=O) groups is 4. The zero-order valence-electron chi connectivity index (χ0n) is 15.5. The fourth-order valence-electron chi connectivity index (χ4n) is 3.01. The van der Waals surface area contributed by atoms with Crippen molar-refractivity contribution in [3.63, 3.8) is 0 Å². The maximum Gasteiger partial charge on any atom is 0.326 e. The molecular formula is C20H21N3O5. The van der Waals surface area contributed by atoms with Gasteiger partial charge in [0.15, 0.2) is 6.61 Å². The molecule has 8 heteroatoms. The van der Waals surface area contributed by atoms with Gasteiger partial charge in [-0.25, -0.2) is 4.79 Å². The van der Waals surface area contributed by atoms with Crippen molar-refractivity contribution in [2.75, 3.05) is 32.1 Å². The first-order chi connectivity index (χ1) is 13.5. The summed E-state index contributed by atoms with van der Waals surface area (Å²) in [5.74, 6) is -1.27. The third-order valence-electron chi connectivity index (χ3n) is 4.42. The fourth-order valence-corrected chi connectivity index (χ4v) is 3.01. The summed E-state index contributed by atoms with van der Waals surface area (Å²) in [6.45, 7) is -0.191. The zero-order valence-corrected chi connectivity index (χ0v) is 15.5. The van der Waals surface area contributed by atoms with Crippen LogP contribution in [0.15, 0.2) is 42.5 Å². The maximum atomic E-state index is 12.1. The first-order valence-corrected chi connectivity index (χ1v) is 8.94. The van der Waals surface area contributed by atoms with Crippen LogP contribution in [0.4, 0.5) is 10.5 Å². The zero-order chi connectivity index (χ0) is 20.1. The van der Waals surface area contributed by atoms with Gasteiger partial charge in [0, 0.05) is 31.1 Å². The number of esters is 1. The molecule has 0 atom stereocenters. The molecule has 0 aromatic heterocycles. The third-order valence-corrected chi connectivity index (χ3v) is 4.42. The second kappa shape index (κ2) is 8.51. The molecule has 1 aliphatic rings. The number of likely N-dealkylation sites (N-methyl/N-ethyl adjacent to an activating group) is 1. The van der Waals surface area contributed by atoms with Gasteiger partial charge >= 0.3 is 12.0 Å². The summed E-state index contributed by atoms with van der Waals surface area (Å²) in [4.78, 5) is 49.7. The van der Waals surface area contributed by atoms with E-state index in [4.69, 9.17) is 4.74 Å². The summed E-state index contributed by atoms with van der Waals surface area (Å²) in [6.07, 6.45) is 0.303. The minimum atomic E-state index is -0.555. The Labute approximate surface area is 162 Å². The minimum Gasteiger partial charge on any atom is -0.456 e. The molecule has 1 N–H and O–H groups in total. The predicted molar refractivity (Wildman–Crippen MR) is 103 cm³/mol. The lowest BCUT2D eigenvalue weighted by Gasteiger charge is -2.13. The molecule has 0 aliphatic carbocycles. The van der Waals surface area contributed by atoms with E-state index in [1.54, 1.807) is 13.1 Å². The van der Waals surface area contributed by atoms with E-state index in [1.165, 1.54) is 4.90 Å². The molecule has 0 saturated carbocycles. The Hall–Kier alpha value is -3.42. The van der Waals surface area contributed by atoms with E-state index in [-0.39, 0.29) is 37.9 Å². The van der Waals surface area contributed by atoms with Crippen molar-refractivity contribution in [2.45, 2.75) is 12.8 Å². The van der Waals surface area contributed by atoms with Crippen molar-refractivity contribution < 1.29 is 23.9 Å². The van der Waals surface area contributed by atoms with Gasteiger partial charge in [-0.15, -0.1) is 0 Å². The number of carbonyl (C=O) groups excluding carboxylic acids is 4. The van der Waals surface area contributed by atoms with Crippen LogP contribution in [0.1, 0.15) is 12.8 Å². The number of anilines is 1. The summed E-state index contributed by atoms with van der Waals surface area (Å²) in [6, 6.07) is 12.8. The highest BCUT2D eigenvalue weighted by molar-refractivity contribution is 6.03. The van der Waals surface area contributed by atoms with Crippen LogP contribution in [0, 0.1) is 0 Å². The fraction of sp³-hybridized carbons (Fsp3) is 0.300. The Kier molecular flexibility index (Phi) is 5.88. The summed E-state index contributed by atoms with van der Waals surface area (Å²) < 4.78 is 4.98. The van der Waals surface area contributed by atoms with Crippen molar-refractivity contribution in [2.24, 2.45) is 0 Å². The van der Waals surface area contributed by atoms with Crippen LogP contribution in [-0.4, -0.2) is 60.4 Å². The molecule has 1 saturated heterocycles. The number of nitrogens with one attached hydrogen (secondary N) is 1. The second-order valence-electron chi connectivity index (χ2n) is 6.52. The van der Waals surface area contributed by atoms with Gasteiger partial charge in [0.25, 0.3) is 5.91 Å². The number of rotatable bonds is 7. The molecule has 8 nitrogen and oxygen atoms in total. The minimum absolute atomic E-state index is 0.0162. The SMILES string of the molecule is CN1CC(=O)N(CCCC(=O)OCC(=O)Nc2cccc3ccccc23)C1=O. The average Bonchev–Trinajstić information content (AvgIpc) is 2.92. The lowest BCUT2D eigenvalue weighted by molar-refractivity contribution is -0.147. The monoisotopic (exact) mass is 383 g/mol. The Bertz CT molecular complexity index is 922. The average molecular weight is 383 g/mol. The van der Waals surface area contributed by atoms with E-state index >= 15 is 0 Å². The van der Waals surface area contributed by atoms with Crippen LogP contribution in [0.5, 0.6) is 0 Å². The Morgan fingerprint density at radius 1 is 1.11 bits per heavy atom. The summed E-state index contributed by atoms with van der Waals surface area (Å²) >= 11 is 0. The quantitative estimate of drug-likeness (QED) is 0.583. The number of ether oxygens (including phenoxy) is 1. The molecule has 0 radical (unpaired) electrons. The van der Waals surface area contributed by atoms with Crippen LogP contribution in [0.25, 0.3) is 10.8 Å². The van der Waals surface area contributed by atoms with Gasteiger partial charge in [-0.3, -0.25) is 19.3 Å². The first-order valence-electron chi connectivity index (χ1n) is 8.94. The lowest BCUT2D eigenvalue weighted by atomic mass is 10.1. The van der Waals surface area contributed by atoms with Gasteiger partial charge in [0.2, 0.25) is 5.91 Å². The number of amides is 4.